The third kappa shape index (κ3) is 2.51. The van der Waals surface area contributed by atoms with Crippen molar-refractivity contribution in [2.45, 2.75) is 18.2 Å². The number of nitrogens with one attached hydrogen (secondary N) is 1. The van der Waals surface area contributed by atoms with Crippen LogP contribution in [0.4, 0.5) is 0 Å². The second kappa shape index (κ2) is 5.97. The summed E-state index contributed by atoms with van der Waals surface area (Å²) in [5.74, 6) is 0.0385. The van der Waals surface area contributed by atoms with E-state index in [1.54, 1.807) is 14.2 Å². The van der Waals surface area contributed by atoms with Crippen LogP contribution in [0.5, 0.6) is 0 Å². The van der Waals surface area contributed by atoms with Gasteiger partial charge in [0.25, 0.3) is 0 Å². The van der Waals surface area contributed by atoms with Gasteiger partial charge in [0.1, 0.15) is 12.2 Å². The van der Waals surface area contributed by atoms with Gasteiger partial charge in [-0.25, -0.2) is 0 Å². The number of likely N-dealkylation sites (tertiary alicyclic amines) is 1. The van der Waals surface area contributed by atoms with Gasteiger partial charge in [0.05, 0.1) is 19.1 Å². The first-order valence-electron chi connectivity index (χ1n) is 6.30. The molecule has 1 N–H and O–H groups in total. The minimum absolute atomic E-state index is 0.0330. The molecular weight excluding hydrogens is 236 g/mol. The summed E-state index contributed by atoms with van der Waals surface area (Å²) >= 11 is 0. The molecule has 0 aromatic heterocycles. The van der Waals surface area contributed by atoms with Crippen molar-refractivity contribution in [1.82, 2.24) is 10.2 Å². The highest BCUT2D eigenvalue weighted by Gasteiger charge is 2.41. The minimum Gasteiger partial charge on any atom is -0.379 e. The second-order valence-corrected chi connectivity index (χ2v) is 4.83. The van der Waals surface area contributed by atoms with E-state index in [4.69, 9.17) is 14.2 Å². The van der Waals surface area contributed by atoms with Gasteiger partial charge in [-0.15, -0.1) is 0 Å². The highest BCUT2D eigenvalue weighted by molar-refractivity contribution is 5.80. The average Bonchev–Trinajstić information content (AvgIpc) is 3.03. The normalized spacial score (nSPS) is 36.3. The van der Waals surface area contributed by atoms with Crippen LogP contribution in [-0.2, 0) is 19.0 Å². The van der Waals surface area contributed by atoms with Crippen LogP contribution in [0.2, 0.25) is 0 Å². The topological polar surface area (TPSA) is 60.0 Å². The van der Waals surface area contributed by atoms with Gasteiger partial charge >= 0.3 is 0 Å². The number of hydrogen-bond donors (Lipinski definition) is 1. The zero-order valence-corrected chi connectivity index (χ0v) is 11.2. The van der Waals surface area contributed by atoms with Gasteiger partial charge in [-0.1, -0.05) is 0 Å². The summed E-state index contributed by atoms with van der Waals surface area (Å²) in [5, 5.41) is 3.13. The molecule has 1 amide bonds. The van der Waals surface area contributed by atoms with Gasteiger partial charge in [-0.3, -0.25) is 4.79 Å². The molecule has 2 rings (SSSR count). The van der Waals surface area contributed by atoms with Crippen molar-refractivity contribution in [2.75, 3.05) is 47.6 Å². The molecule has 2 saturated heterocycles. The Morgan fingerprint density at radius 1 is 1.22 bits per heavy atom. The molecule has 0 aromatic carbocycles. The molecule has 6 nitrogen and oxygen atoms in total. The fourth-order valence-electron chi connectivity index (χ4n) is 2.69. The summed E-state index contributed by atoms with van der Waals surface area (Å²) in [6, 6.07) is 0.111. The first kappa shape index (κ1) is 13.7. The Bertz CT molecular complexity index is 288. The second-order valence-electron chi connectivity index (χ2n) is 4.83. The van der Waals surface area contributed by atoms with Crippen molar-refractivity contribution < 1.29 is 19.0 Å². The average molecular weight is 258 g/mol. The van der Waals surface area contributed by atoms with Gasteiger partial charge in [0.15, 0.2) is 0 Å². The minimum atomic E-state index is -0.0943. The van der Waals surface area contributed by atoms with Crippen LogP contribution in [0.25, 0.3) is 0 Å². The fourth-order valence-corrected chi connectivity index (χ4v) is 2.69. The van der Waals surface area contributed by atoms with Crippen molar-refractivity contribution in [3.8, 4) is 0 Å². The molecule has 0 radical (unpaired) electrons. The molecule has 2 heterocycles. The number of rotatable bonds is 4. The number of amides is 1. The van der Waals surface area contributed by atoms with Gasteiger partial charge in [0.2, 0.25) is 5.91 Å². The van der Waals surface area contributed by atoms with E-state index in [0.717, 1.165) is 0 Å². The van der Waals surface area contributed by atoms with Crippen LogP contribution < -0.4 is 5.32 Å². The Balaban J connectivity index is 1.98. The molecule has 104 valence electrons. The number of likely N-dealkylation sites (N-methyl/N-ethyl adjacent to an activating group) is 1. The predicted molar refractivity (Wildman–Crippen MR) is 65.3 cm³/mol. The molecule has 0 aliphatic carbocycles. The summed E-state index contributed by atoms with van der Waals surface area (Å²) in [4.78, 5) is 14.3. The molecule has 0 spiro atoms. The monoisotopic (exact) mass is 258 g/mol. The molecule has 4 atom stereocenters. The van der Waals surface area contributed by atoms with Crippen molar-refractivity contribution in [3.63, 3.8) is 0 Å². The standard InChI is InChI=1S/C12H22N2O4/c1-13-9-7-18-6-8(9)12(15)14-4-10(16-2)11(5-14)17-3/h8-11,13H,4-7H2,1-3H3. The van der Waals surface area contributed by atoms with Gasteiger partial charge < -0.3 is 24.4 Å². The van der Waals surface area contributed by atoms with Crippen LogP contribution in [0.15, 0.2) is 0 Å². The third-order valence-electron chi connectivity index (χ3n) is 3.90. The van der Waals surface area contributed by atoms with Crippen LogP contribution >= 0.6 is 0 Å². The Kier molecular flexibility index (Phi) is 4.55. The zero-order valence-electron chi connectivity index (χ0n) is 11.2. The van der Waals surface area contributed by atoms with E-state index in [1.165, 1.54) is 0 Å². The van der Waals surface area contributed by atoms with Crippen LogP contribution in [0.3, 0.4) is 0 Å². The Morgan fingerprint density at radius 3 is 2.33 bits per heavy atom. The maximum Gasteiger partial charge on any atom is 0.229 e. The van der Waals surface area contributed by atoms with E-state index in [2.05, 4.69) is 5.32 Å². The quantitative estimate of drug-likeness (QED) is 0.707. The van der Waals surface area contributed by atoms with E-state index >= 15 is 0 Å². The SMILES string of the molecule is CNC1COCC1C(=O)N1CC(OC)C(OC)C1. The Hall–Kier alpha value is -0.690. The fraction of sp³-hybridized carbons (Fsp3) is 0.917. The number of hydrogen-bond acceptors (Lipinski definition) is 5. The van der Waals surface area contributed by atoms with Crippen molar-refractivity contribution in [1.29, 1.82) is 0 Å². The summed E-state index contributed by atoms with van der Waals surface area (Å²) < 4.78 is 16.1. The highest BCUT2D eigenvalue weighted by Crippen LogP contribution is 2.22. The predicted octanol–water partition coefficient (Wildman–Crippen LogP) is -0.907. The lowest BCUT2D eigenvalue weighted by Crippen LogP contribution is -2.44. The molecule has 2 aliphatic rings. The Morgan fingerprint density at radius 2 is 1.83 bits per heavy atom. The molecular formula is C12H22N2O4. The molecule has 0 saturated carbocycles. The van der Waals surface area contributed by atoms with E-state index < -0.39 is 0 Å². The summed E-state index contributed by atoms with van der Waals surface area (Å²) in [5.41, 5.74) is 0. The maximum atomic E-state index is 12.4. The maximum absolute atomic E-state index is 12.4. The van der Waals surface area contributed by atoms with E-state index in [0.29, 0.717) is 26.3 Å². The van der Waals surface area contributed by atoms with Crippen LogP contribution in [0.1, 0.15) is 0 Å². The molecule has 0 bridgehead atoms. The lowest BCUT2D eigenvalue weighted by atomic mass is 10.0. The smallest absolute Gasteiger partial charge is 0.229 e. The Labute approximate surface area is 108 Å². The van der Waals surface area contributed by atoms with E-state index in [9.17, 15) is 4.79 Å². The lowest BCUT2D eigenvalue weighted by molar-refractivity contribution is -0.135. The zero-order chi connectivity index (χ0) is 13.1. The van der Waals surface area contributed by atoms with E-state index in [1.807, 2.05) is 11.9 Å². The first-order valence-corrected chi connectivity index (χ1v) is 6.30. The van der Waals surface area contributed by atoms with Gasteiger partial charge in [-0.05, 0) is 7.05 Å². The molecule has 2 aliphatic heterocycles. The number of carbonyl (C=O) groups excluding carboxylic acids is 1. The van der Waals surface area contributed by atoms with Crippen molar-refractivity contribution in [2.24, 2.45) is 5.92 Å². The van der Waals surface area contributed by atoms with Crippen LogP contribution in [0, 0.1) is 5.92 Å². The van der Waals surface area contributed by atoms with Gasteiger partial charge in [-0.2, -0.15) is 0 Å². The third-order valence-corrected chi connectivity index (χ3v) is 3.90. The summed E-state index contributed by atoms with van der Waals surface area (Å²) in [7, 11) is 5.17. The number of nitrogens with zero attached hydrogens (tertiary/aromatic N) is 1. The van der Waals surface area contributed by atoms with Crippen LogP contribution in [-0.4, -0.2) is 76.6 Å². The molecule has 6 heteroatoms. The van der Waals surface area contributed by atoms with Crippen molar-refractivity contribution >= 4 is 5.91 Å². The molecule has 18 heavy (non-hydrogen) atoms. The molecule has 2 fully saturated rings. The van der Waals surface area contributed by atoms with Crippen molar-refractivity contribution in [3.05, 3.63) is 0 Å². The molecule has 0 aromatic rings. The number of carbonyl (C=O) groups is 1. The molecule has 4 unspecified atom stereocenters. The summed E-state index contributed by atoms with van der Waals surface area (Å²) in [6.45, 7) is 2.29. The first-order chi connectivity index (χ1) is 8.71. The lowest BCUT2D eigenvalue weighted by Gasteiger charge is -2.23. The number of ether oxygens (including phenoxy) is 3. The van der Waals surface area contributed by atoms with Gasteiger partial charge in [0, 0.05) is 33.4 Å². The van der Waals surface area contributed by atoms with E-state index in [-0.39, 0.29) is 30.1 Å². The largest absolute Gasteiger partial charge is 0.379 e. The number of methoxy groups -OCH3 is 2. The highest BCUT2D eigenvalue weighted by atomic mass is 16.5. The summed E-state index contributed by atoms with van der Waals surface area (Å²) in [6.07, 6.45) is -0.0661.